The Labute approximate surface area is 141 Å². The van der Waals surface area contributed by atoms with Crippen LogP contribution in [0.3, 0.4) is 0 Å². The van der Waals surface area contributed by atoms with Crippen LogP contribution in [0.5, 0.6) is 0 Å². The topological polar surface area (TPSA) is 48.0 Å². The zero-order chi connectivity index (χ0) is 16.6. The van der Waals surface area contributed by atoms with Crippen LogP contribution in [0.4, 0.5) is 0 Å². The molecule has 0 spiro atoms. The molecule has 0 aliphatic carbocycles. The lowest BCUT2D eigenvalue weighted by molar-refractivity contribution is -0.210. The molecule has 0 amide bonds. The van der Waals surface area contributed by atoms with Gasteiger partial charge < -0.3 is 14.3 Å². The molecule has 0 saturated carbocycles. The maximum Gasteiger partial charge on any atom is 0.350 e. The van der Waals surface area contributed by atoms with Gasteiger partial charge >= 0.3 is 5.97 Å². The van der Waals surface area contributed by atoms with E-state index in [1.165, 1.54) is 0 Å². The Kier molecular flexibility index (Phi) is 5.96. The average Bonchev–Trinajstić information content (AvgIpc) is 2.64. The molecule has 5 heteroatoms. The summed E-state index contributed by atoms with van der Waals surface area (Å²) >= 11 is 0. The summed E-state index contributed by atoms with van der Waals surface area (Å²) in [6.07, 6.45) is -0.301. The second kappa shape index (κ2) is 8.59. The van der Waals surface area contributed by atoms with Gasteiger partial charge in [0.05, 0.1) is 26.3 Å². The molecule has 1 aliphatic rings. The smallest absolute Gasteiger partial charge is 0.350 e. The maximum atomic E-state index is 12.0. The molecule has 0 unspecified atom stereocenters. The summed E-state index contributed by atoms with van der Waals surface area (Å²) in [4.78, 5) is 17.4. The van der Waals surface area contributed by atoms with E-state index in [1.807, 2.05) is 60.7 Å². The van der Waals surface area contributed by atoms with Gasteiger partial charge in [-0.05, 0) is 11.1 Å². The predicted octanol–water partition coefficient (Wildman–Crippen LogP) is 2.58. The molecular formula is C19H21NO4. The number of ether oxygens (including phenoxy) is 2. The van der Waals surface area contributed by atoms with Crippen LogP contribution >= 0.6 is 0 Å². The standard InChI is InChI=1S/C19H21NO4/c21-18(24-20-11-13-22-14-12-20)15-23-19(16-7-3-1-4-8-16)17-9-5-2-6-10-17/h1-10,19H,11-15H2. The number of rotatable bonds is 6. The van der Waals surface area contributed by atoms with Gasteiger partial charge in [-0.2, -0.15) is 0 Å². The fraction of sp³-hybridized carbons (Fsp3) is 0.316. The van der Waals surface area contributed by atoms with Gasteiger partial charge in [0.2, 0.25) is 0 Å². The van der Waals surface area contributed by atoms with Crippen LogP contribution < -0.4 is 0 Å². The average molecular weight is 327 g/mol. The molecule has 1 heterocycles. The minimum Gasteiger partial charge on any atom is -0.379 e. The largest absolute Gasteiger partial charge is 0.379 e. The summed E-state index contributed by atoms with van der Waals surface area (Å²) in [6, 6.07) is 19.7. The Balaban J connectivity index is 1.63. The first-order chi connectivity index (χ1) is 11.8. The lowest BCUT2D eigenvalue weighted by atomic mass is 10.0. The van der Waals surface area contributed by atoms with Crippen LogP contribution in [0.25, 0.3) is 0 Å². The third-order valence-corrected chi connectivity index (χ3v) is 3.77. The number of carbonyl (C=O) groups is 1. The Morgan fingerprint density at radius 1 is 0.958 bits per heavy atom. The van der Waals surface area contributed by atoms with Crippen molar-refractivity contribution < 1.29 is 19.1 Å². The van der Waals surface area contributed by atoms with Gasteiger partial charge in [-0.25, -0.2) is 4.79 Å². The van der Waals surface area contributed by atoms with Crippen molar-refractivity contribution in [3.05, 3.63) is 71.8 Å². The molecule has 24 heavy (non-hydrogen) atoms. The van der Waals surface area contributed by atoms with Crippen molar-refractivity contribution in [1.82, 2.24) is 5.06 Å². The van der Waals surface area contributed by atoms with E-state index in [1.54, 1.807) is 5.06 Å². The van der Waals surface area contributed by atoms with Crippen LogP contribution in [0.2, 0.25) is 0 Å². The monoisotopic (exact) mass is 327 g/mol. The maximum absolute atomic E-state index is 12.0. The Morgan fingerprint density at radius 2 is 1.50 bits per heavy atom. The number of nitrogens with zero attached hydrogens (tertiary/aromatic N) is 1. The second-order valence-electron chi connectivity index (χ2n) is 5.52. The lowest BCUT2D eigenvalue weighted by Crippen LogP contribution is -2.38. The molecule has 1 saturated heterocycles. The van der Waals surface area contributed by atoms with Crippen LogP contribution in [0, 0.1) is 0 Å². The van der Waals surface area contributed by atoms with Crippen molar-refractivity contribution in [3.63, 3.8) is 0 Å². The summed E-state index contributed by atoms with van der Waals surface area (Å²) in [5.41, 5.74) is 2.01. The molecule has 0 atom stereocenters. The Hall–Kier alpha value is -2.21. The van der Waals surface area contributed by atoms with Crippen molar-refractivity contribution in [2.75, 3.05) is 32.9 Å². The van der Waals surface area contributed by atoms with E-state index in [0.717, 1.165) is 11.1 Å². The summed E-state index contributed by atoms with van der Waals surface area (Å²) < 4.78 is 11.1. The highest BCUT2D eigenvalue weighted by atomic mass is 16.7. The van der Waals surface area contributed by atoms with Gasteiger partial charge in [-0.1, -0.05) is 60.7 Å². The Morgan fingerprint density at radius 3 is 2.04 bits per heavy atom. The van der Waals surface area contributed by atoms with Crippen molar-refractivity contribution in [3.8, 4) is 0 Å². The molecule has 0 radical (unpaired) electrons. The first-order valence-corrected chi connectivity index (χ1v) is 8.08. The van der Waals surface area contributed by atoms with Gasteiger partial charge in [0, 0.05) is 0 Å². The van der Waals surface area contributed by atoms with Crippen molar-refractivity contribution in [1.29, 1.82) is 0 Å². The molecule has 2 aromatic carbocycles. The molecule has 126 valence electrons. The van der Waals surface area contributed by atoms with Crippen LogP contribution in [0.15, 0.2) is 60.7 Å². The molecule has 5 nitrogen and oxygen atoms in total. The number of morpholine rings is 1. The summed E-state index contributed by atoms with van der Waals surface area (Å²) in [6.45, 7) is 2.22. The van der Waals surface area contributed by atoms with E-state index in [-0.39, 0.29) is 12.7 Å². The zero-order valence-electron chi connectivity index (χ0n) is 13.5. The van der Waals surface area contributed by atoms with Gasteiger partial charge in [0.25, 0.3) is 0 Å². The molecular weight excluding hydrogens is 306 g/mol. The van der Waals surface area contributed by atoms with Crippen molar-refractivity contribution >= 4 is 5.97 Å². The van der Waals surface area contributed by atoms with Gasteiger partial charge in [0.1, 0.15) is 12.7 Å². The molecule has 0 N–H and O–H groups in total. The van der Waals surface area contributed by atoms with Crippen molar-refractivity contribution in [2.24, 2.45) is 0 Å². The van der Waals surface area contributed by atoms with Gasteiger partial charge in [-0.15, -0.1) is 5.06 Å². The van der Waals surface area contributed by atoms with E-state index in [9.17, 15) is 4.79 Å². The number of hydroxylamine groups is 2. The summed E-state index contributed by atoms with van der Waals surface area (Å²) in [5.74, 6) is -0.395. The van der Waals surface area contributed by atoms with Gasteiger partial charge in [0.15, 0.2) is 0 Å². The molecule has 0 aromatic heterocycles. The fourth-order valence-corrected chi connectivity index (χ4v) is 2.60. The van der Waals surface area contributed by atoms with E-state index in [0.29, 0.717) is 26.3 Å². The van der Waals surface area contributed by atoms with E-state index >= 15 is 0 Å². The molecule has 2 aromatic rings. The SMILES string of the molecule is O=C(COC(c1ccccc1)c1ccccc1)ON1CCOCC1. The third-order valence-electron chi connectivity index (χ3n) is 3.77. The number of carbonyl (C=O) groups excluding carboxylic acids is 1. The highest BCUT2D eigenvalue weighted by Gasteiger charge is 2.19. The molecule has 0 bridgehead atoms. The number of benzene rings is 2. The predicted molar refractivity (Wildman–Crippen MR) is 89.2 cm³/mol. The molecule has 1 aliphatic heterocycles. The van der Waals surface area contributed by atoms with Crippen molar-refractivity contribution in [2.45, 2.75) is 6.10 Å². The first kappa shape index (κ1) is 16.6. The van der Waals surface area contributed by atoms with Gasteiger partial charge in [-0.3, -0.25) is 0 Å². The number of hydrogen-bond donors (Lipinski definition) is 0. The lowest BCUT2D eigenvalue weighted by Gasteiger charge is -2.25. The Bertz CT molecular complexity index is 587. The van der Waals surface area contributed by atoms with Crippen LogP contribution in [0.1, 0.15) is 17.2 Å². The fourth-order valence-electron chi connectivity index (χ4n) is 2.60. The normalized spacial score (nSPS) is 15.4. The molecule has 3 rings (SSSR count). The second-order valence-corrected chi connectivity index (χ2v) is 5.52. The minimum atomic E-state index is -0.395. The zero-order valence-corrected chi connectivity index (χ0v) is 13.5. The highest BCUT2D eigenvalue weighted by Crippen LogP contribution is 2.25. The summed E-state index contributed by atoms with van der Waals surface area (Å²) in [5, 5.41) is 1.62. The minimum absolute atomic E-state index is 0.105. The highest BCUT2D eigenvalue weighted by molar-refractivity contribution is 5.70. The van der Waals surface area contributed by atoms with E-state index < -0.39 is 5.97 Å². The third kappa shape index (κ3) is 4.64. The van der Waals surface area contributed by atoms with E-state index in [2.05, 4.69) is 0 Å². The number of hydrogen-bond acceptors (Lipinski definition) is 5. The summed E-state index contributed by atoms with van der Waals surface area (Å²) in [7, 11) is 0. The van der Waals surface area contributed by atoms with Crippen LogP contribution in [-0.4, -0.2) is 43.9 Å². The first-order valence-electron chi connectivity index (χ1n) is 8.08. The van der Waals surface area contributed by atoms with Crippen LogP contribution in [-0.2, 0) is 19.1 Å². The molecule has 1 fully saturated rings. The quantitative estimate of drug-likeness (QED) is 0.816. The van der Waals surface area contributed by atoms with E-state index in [4.69, 9.17) is 14.3 Å².